The fourth-order valence-corrected chi connectivity index (χ4v) is 4.27. The van der Waals surface area contributed by atoms with Gasteiger partial charge in [-0.05, 0) is 0 Å². The van der Waals surface area contributed by atoms with Crippen LogP contribution < -0.4 is 0 Å². The van der Waals surface area contributed by atoms with E-state index in [1.54, 1.807) is 0 Å². The van der Waals surface area contributed by atoms with Crippen LogP contribution in [0, 0.1) is 11.8 Å². The summed E-state index contributed by atoms with van der Waals surface area (Å²) in [5, 5.41) is 0. The van der Waals surface area contributed by atoms with Crippen LogP contribution in [0.15, 0.2) is 12.4 Å². The fourth-order valence-electron chi connectivity index (χ4n) is 4.27. The zero-order chi connectivity index (χ0) is 35.5. The van der Waals surface area contributed by atoms with Gasteiger partial charge in [-0.3, -0.25) is 29.1 Å². The first-order chi connectivity index (χ1) is 24.5. The monoisotopic (exact) mass is 716 g/mol. The van der Waals surface area contributed by atoms with Crippen LogP contribution in [0.2, 0.25) is 0 Å². The molecule has 0 radical (unpaired) electrons. The van der Waals surface area contributed by atoms with Crippen molar-refractivity contribution in [3.63, 3.8) is 0 Å². The van der Waals surface area contributed by atoms with Gasteiger partial charge in [-0.25, -0.2) is 0 Å². The number of carbonyl (C=O) groups is 4. The quantitative estimate of drug-likeness (QED) is 0.211. The molecule has 0 spiro atoms. The molecule has 2 fully saturated rings. The molecule has 1 aromatic rings. The Morgan fingerprint density at radius 2 is 0.560 bits per heavy atom. The van der Waals surface area contributed by atoms with Crippen LogP contribution in [0.4, 0.5) is 0 Å². The zero-order valence-electron chi connectivity index (χ0n) is 28.3. The largest absolute Gasteiger partial charge is 0.463 e. The van der Waals surface area contributed by atoms with E-state index in [9.17, 15) is 19.2 Å². The summed E-state index contributed by atoms with van der Waals surface area (Å²) in [5.74, 6) is -5.97. The zero-order valence-corrected chi connectivity index (χ0v) is 28.3. The summed E-state index contributed by atoms with van der Waals surface area (Å²) in [4.78, 5) is 60.3. The van der Waals surface area contributed by atoms with Crippen molar-refractivity contribution in [2.45, 2.75) is 12.8 Å². The van der Waals surface area contributed by atoms with Gasteiger partial charge in [0.2, 0.25) is 0 Å². The van der Waals surface area contributed by atoms with Crippen LogP contribution in [0.1, 0.15) is 11.4 Å². The van der Waals surface area contributed by atoms with Crippen molar-refractivity contribution >= 4 is 23.9 Å². The number of hydrogen-bond donors (Lipinski definition) is 0. The number of cyclic esters (lactones) is 4. The highest BCUT2D eigenvalue weighted by Gasteiger charge is 2.33. The molecule has 18 heteroatoms. The van der Waals surface area contributed by atoms with Crippen molar-refractivity contribution < 1.29 is 76.0 Å². The van der Waals surface area contributed by atoms with Gasteiger partial charge in [0, 0.05) is 25.2 Å². The standard InChI is InChI=1S/C32H48N2O16/c35-29-27(30(36)48-18-14-44-10-6-40-2-1-39-5-9-43-13-17-47-29)21-25-23-34-26(24-33-25)22-28-31(37)49-19-15-45-11-7-41-3-4-42-8-12-46-16-20-50-32(28)38/h23-24,27-28H,1-22H2. The smallest absolute Gasteiger partial charge is 0.320 e. The van der Waals surface area contributed by atoms with Crippen LogP contribution in [0.5, 0.6) is 0 Å². The Hall–Kier alpha value is -3.36. The topological polar surface area (TPSA) is 205 Å². The summed E-state index contributed by atoms with van der Waals surface area (Å²) in [6.45, 7) is 4.21. The third-order valence-electron chi connectivity index (χ3n) is 6.84. The molecule has 0 amide bonds. The maximum absolute atomic E-state index is 12.9. The second kappa shape index (κ2) is 26.4. The molecule has 0 bridgehead atoms. The minimum Gasteiger partial charge on any atom is -0.463 e. The molecule has 0 aliphatic carbocycles. The minimum atomic E-state index is -1.34. The maximum atomic E-state index is 12.9. The lowest BCUT2D eigenvalue weighted by atomic mass is 10.0. The van der Waals surface area contributed by atoms with Gasteiger partial charge in [0.15, 0.2) is 11.8 Å². The van der Waals surface area contributed by atoms with E-state index in [0.717, 1.165) is 0 Å². The van der Waals surface area contributed by atoms with E-state index in [2.05, 4.69) is 9.97 Å². The molecule has 0 saturated carbocycles. The highest BCUT2D eigenvalue weighted by atomic mass is 16.6. The summed E-state index contributed by atoms with van der Waals surface area (Å²) < 4.78 is 64.3. The van der Waals surface area contributed by atoms with Gasteiger partial charge in [0.05, 0.1) is 117 Å². The van der Waals surface area contributed by atoms with Crippen LogP contribution >= 0.6 is 0 Å². The molecular formula is C32H48N2O16. The third-order valence-corrected chi connectivity index (χ3v) is 6.84. The molecule has 3 rings (SSSR count). The van der Waals surface area contributed by atoms with Crippen molar-refractivity contribution in [3.8, 4) is 0 Å². The summed E-state index contributed by atoms with van der Waals surface area (Å²) in [5.41, 5.74) is 0.529. The Bertz CT molecular complexity index is 963. The average molecular weight is 717 g/mol. The Morgan fingerprint density at radius 3 is 0.760 bits per heavy atom. The summed E-state index contributed by atoms with van der Waals surface area (Å²) in [7, 11) is 0. The van der Waals surface area contributed by atoms with E-state index >= 15 is 0 Å². The van der Waals surface area contributed by atoms with Gasteiger partial charge in [0.1, 0.15) is 26.4 Å². The first-order valence-corrected chi connectivity index (χ1v) is 16.6. The van der Waals surface area contributed by atoms with Crippen molar-refractivity contribution in [3.05, 3.63) is 23.8 Å². The molecule has 2 saturated heterocycles. The minimum absolute atomic E-state index is 0.0892. The summed E-state index contributed by atoms with van der Waals surface area (Å²) in [6.07, 6.45) is 2.31. The lowest BCUT2D eigenvalue weighted by Crippen LogP contribution is -2.32. The summed E-state index contributed by atoms with van der Waals surface area (Å²) >= 11 is 0. The van der Waals surface area contributed by atoms with Crippen LogP contribution in [-0.2, 0) is 88.9 Å². The number of ether oxygens (including phenoxy) is 12. The molecule has 0 N–H and O–H groups in total. The number of hydrogen-bond acceptors (Lipinski definition) is 18. The predicted molar refractivity (Wildman–Crippen MR) is 167 cm³/mol. The Kier molecular flexibility index (Phi) is 21.7. The van der Waals surface area contributed by atoms with Crippen molar-refractivity contribution in [1.82, 2.24) is 9.97 Å². The molecule has 0 atom stereocenters. The number of nitrogens with zero attached hydrogens (tertiary/aromatic N) is 2. The molecule has 18 nitrogen and oxygen atoms in total. The van der Waals surface area contributed by atoms with Crippen molar-refractivity contribution in [1.29, 1.82) is 0 Å². The highest BCUT2D eigenvalue weighted by Crippen LogP contribution is 2.15. The van der Waals surface area contributed by atoms with E-state index in [0.29, 0.717) is 79.3 Å². The van der Waals surface area contributed by atoms with Gasteiger partial charge in [-0.15, -0.1) is 0 Å². The number of rotatable bonds is 4. The van der Waals surface area contributed by atoms with Gasteiger partial charge in [-0.2, -0.15) is 0 Å². The first-order valence-electron chi connectivity index (χ1n) is 16.6. The Labute approximate surface area is 290 Å². The number of esters is 4. The molecule has 282 valence electrons. The van der Waals surface area contributed by atoms with E-state index in [4.69, 9.17) is 56.8 Å². The van der Waals surface area contributed by atoms with Crippen LogP contribution in [0.3, 0.4) is 0 Å². The second-order valence-corrected chi connectivity index (χ2v) is 10.6. The SMILES string of the molecule is O=C1OCCOCCOCCOCCOCCOC(=O)C1Cc1cnc(CC2C(=O)OCCOCCOCCOCCOCCOC2=O)cn1. The second-order valence-electron chi connectivity index (χ2n) is 10.6. The van der Waals surface area contributed by atoms with Gasteiger partial charge >= 0.3 is 23.9 Å². The van der Waals surface area contributed by atoms with Crippen molar-refractivity contribution in [2.24, 2.45) is 11.8 Å². The third kappa shape index (κ3) is 18.0. The number of aromatic nitrogens is 2. The maximum Gasteiger partial charge on any atom is 0.320 e. The predicted octanol–water partition coefficient (Wildman–Crippen LogP) is -0.873. The van der Waals surface area contributed by atoms with Crippen molar-refractivity contribution in [2.75, 3.05) is 132 Å². The molecule has 1 aromatic heterocycles. The van der Waals surface area contributed by atoms with Crippen LogP contribution in [-0.4, -0.2) is 166 Å². The van der Waals surface area contributed by atoms with E-state index in [-0.39, 0.29) is 77.1 Å². The van der Waals surface area contributed by atoms with E-state index in [1.807, 2.05) is 0 Å². The fraction of sp³-hybridized carbons (Fsp3) is 0.750. The molecule has 50 heavy (non-hydrogen) atoms. The first kappa shape index (κ1) is 41.1. The Morgan fingerprint density at radius 1 is 0.360 bits per heavy atom. The van der Waals surface area contributed by atoms with E-state index < -0.39 is 35.7 Å². The summed E-state index contributed by atoms with van der Waals surface area (Å²) in [6, 6.07) is 0. The lowest BCUT2D eigenvalue weighted by molar-refractivity contribution is -0.165. The molecule has 2 aliphatic rings. The molecular weight excluding hydrogens is 668 g/mol. The molecule has 2 aliphatic heterocycles. The highest BCUT2D eigenvalue weighted by molar-refractivity contribution is 5.95. The van der Waals surface area contributed by atoms with E-state index in [1.165, 1.54) is 12.4 Å². The molecule has 3 heterocycles. The van der Waals surface area contributed by atoms with Gasteiger partial charge in [-0.1, -0.05) is 0 Å². The average Bonchev–Trinajstić information content (AvgIpc) is 3.12. The van der Waals surface area contributed by atoms with Crippen LogP contribution in [0.25, 0.3) is 0 Å². The Balaban J connectivity index is 1.60. The molecule has 0 aromatic carbocycles. The molecule has 0 unspecified atom stereocenters. The lowest BCUT2D eigenvalue weighted by Gasteiger charge is -2.16. The normalized spacial score (nSPS) is 21.8. The van der Waals surface area contributed by atoms with Gasteiger partial charge < -0.3 is 56.8 Å². The van der Waals surface area contributed by atoms with Gasteiger partial charge in [0.25, 0.3) is 0 Å². The number of carbonyl (C=O) groups excluding carboxylic acids is 4.